The molecule has 1 amide bonds. The lowest BCUT2D eigenvalue weighted by molar-refractivity contribution is -0.119. The number of nitrogens with one attached hydrogen (secondary N) is 1. The largest absolute Gasteiger partial charge is 0.398 e. The van der Waals surface area contributed by atoms with Crippen LogP contribution in [0.1, 0.15) is 6.92 Å². The molecule has 7 heteroatoms. The first kappa shape index (κ1) is 15.9. The highest BCUT2D eigenvalue weighted by Gasteiger charge is 2.13. The fourth-order valence-corrected chi connectivity index (χ4v) is 2.66. The predicted molar refractivity (Wildman–Crippen MR) is 76.6 cm³/mol. The predicted octanol–water partition coefficient (Wildman–Crippen LogP) is 1.18. The first-order valence-corrected chi connectivity index (χ1v) is 7.35. The SMILES string of the molecule is COCC(C)NC(=O)CS(=O)c1ccc(N)c(Cl)c1. The molecule has 0 aromatic heterocycles. The molecule has 0 heterocycles. The lowest BCUT2D eigenvalue weighted by Crippen LogP contribution is -2.38. The van der Waals surface area contributed by atoms with Crippen molar-refractivity contribution in [3.05, 3.63) is 23.2 Å². The Morgan fingerprint density at radius 1 is 1.58 bits per heavy atom. The molecule has 0 radical (unpaired) electrons. The Kier molecular flexibility index (Phi) is 6.27. The van der Waals surface area contributed by atoms with E-state index in [1.165, 1.54) is 6.07 Å². The molecule has 1 aromatic rings. The molecule has 0 saturated heterocycles. The number of carbonyl (C=O) groups is 1. The lowest BCUT2D eigenvalue weighted by Gasteiger charge is -2.12. The van der Waals surface area contributed by atoms with Gasteiger partial charge in [-0.3, -0.25) is 9.00 Å². The summed E-state index contributed by atoms with van der Waals surface area (Å²) in [7, 11) is 0.108. The van der Waals surface area contributed by atoms with Crippen molar-refractivity contribution in [1.29, 1.82) is 0 Å². The number of nitrogen functional groups attached to an aromatic ring is 1. The Labute approximate surface area is 119 Å². The van der Waals surface area contributed by atoms with Gasteiger partial charge in [0.15, 0.2) is 0 Å². The van der Waals surface area contributed by atoms with Crippen LogP contribution in [0.5, 0.6) is 0 Å². The molecule has 19 heavy (non-hydrogen) atoms. The molecule has 5 nitrogen and oxygen atoms in total. The molecule has 1 aromatic carbocycles. The number of halogens is 1. The molecule has 0 fully saturated rings. The van der Waals surface area contributed by atoms with Crippen LogP contribution in [-0.2, 0) is 20.3 Å². The van der Waals surface area contributed by atoms with Crippen LogP contribution in [0.4, 0.5) is 5.69 Å². The van der Waals surface area contributed by atoms with Gasteiger partial charge in [-0.15, -0.1) is 0 Å². The highest BCUT2D eigenvalue weighted by atomic mass is 35.5. The number of carbonyl (C=O) groups excluding carboxylic acids is 1. The fourth-order valence-electron chi connectivity index (χ4n) is 1.46. The Morgan fingerprint density at radius 2 is 2.26 bits per heavy atom. The van der Waals surface area contributed by atoms with Crippen LogP contribution in [0.2, 0.25) is 5.02 Å². The number of benzene rings is 1. The number of nitrogens with two attached hydrogens (primary N) is 1. The summed E-state index contributed by atoms with van der Waals surface area (Å²) in [4.78, 5) is 12.1. The first-order valence-electron chi connectivity index (χ1n) is 5.65. The maximum atomic E-state index is 12.0. The molecule has 106 valence electrons. The monoisotopic (exact) mass is 304 g/mol. The quantitative estimate of drug-likeness (QED) is 0.773. The smallest absolute Gasteiger partial charge is 0.233 e. The van der Waals surface area contributed by atoms with Gasteiger partial charge in [-0.1, -0.05) is 11.6 Å². The van der Waals surface area contributed by atoms with E-state index in [-0.39, 0.29) is 17.7 Å². The highest BCUT2D eigenvalue weighted by molar-refractivity contribution is 7.85. The standard InChI is InChI=1S/C12H17ClN2O3S/c1-8(6-18-2)15-12(16)7-19(17)9-3-4-11(14)10(13)5-9/h3-5,8H,6-7,14H2,1-2H3,(H,15,16). The molecule has 3 N–H and O–H groups in total. The van der Waals surface area contributed by atoms with Gasteiger partial charge in [0.25, 0.3) is 0 Å². The van der Waals surface area contributed by atoms with Gasteiger partial charge in [0, 0.05) is 18.0 Å². The number of rotatable bonds is 6. The molecule has 0 spiro atoms. The number of hydrogen-bond donors (Lipinski definition) is 2. The van der Waals surface area contributed by atoms with E-state index in [2.05, 4.69) is 5.32 Å². The summed E-state index contributed by atoms with van der Waals surface area (Å²) in [6, 6.07) is 4.56. The number of ether oxygens (including phenoxy) is 1. The normalized spacial score (nSPS) is 13.8. The van der Waals surface area contributed by atoms with Crippen LogP contribution in [0.25, 0.3) is 0 Å². The maximum absolute atomic E-state index is 12.0. The molecule has 0 bridgehead atoms. The van der Waals surface area contributed by atoms with Crippen LogP contribution in [0.3, 0.4) is 0 Å². The topological polar surface area (TPSA) is 81.4 Å². The van der Waals surface area contributed by atoms with E-state index in [4.69, 9.17) is 22.1 Å². The van der Waals surface area contributed by atoms with E-state index < -0.39 is 10.8 Å². The Morgan fingerprint density at radius 3 is 2.84 bits per heavy atom. The van der Waals surface area contributed by atoms with Gasteiger partial charge in [0.1, 0.15) is 5.75 Å². The Bertz CT molecular complexity index is 482. The van der Waals surface area contributed by atoms with Crippen LogP contribution < -0.4 is 11.1 Å². The average molecular weight is 305 g/mol. The van der Waals surface area contributed by atoms with Gasteiger partial charge >= 0.3 is 0 Å². The molecule has 2 atom stereocenters. The molecule has 0 aliphatic heterocycles. The molecule has 0 aliphatic rings. The Balaban J connectivity index is 2.59. The van der Waals surface area contributed by atoms with E-state index in [0.29, 0.717) is 22.2 Å². The zero-order valence-electron chi connectivity index (χ0n) is 10.8. The zero-order chi connectivity index (χ0) is 14.4. The van der Waals surface area contributed by atoms with Crippen molar-refractivity contribution in [3.8, 4) is 0 Å². The third-order valence-corrected chi connectivity index (χ3v) is 3.95. The third-order valence-electron chi connectivity index (χ3n) is 2.32. The van der Waals surface area contributed by atoms with Crippen molar-refractivity contribution in [2.45, 2.75) is 17.9 Å². The van der Waals surface area contributed by atoms with Crippen LogP contribution in [0.15, 0.2) is 23.1 Å². The maximum Gasteiger partial charge on any atom is 0.233 e. The minimum absolute atomic E-state index is 0.117. The van der Waals surface area contributed by atoms with Crippen molar-refractivity contribution in [2.24, 2.45) is 0 Å². The summed E-state index contributed by atoms with van der Waals surface area (Å²) in [5.74, 6) is -0.412. The van der Waals surface area contributed by atoms with Gasteiger partial charge in [-0.25, -0.2) is 0 Å². The molecular formula is C12H17ClN2O3S. The second-order valence-electron chi connectivity index (χ2n) is 4.10. The zero-order valence-corrected chi connectivity index (χ0v) is 12.4. The first-order chi connectivity index (χ1) is 8.93. The second-order valence-corrected chi connectivity index (χ2v) is 5.96. The van der Waals surface area contributed by atoms with E-state index in [9.17, 15) is 9.00 Å². The summed E-state index contributed by atoms with van der Waals surface area (Å²) in [5, 5.41) is 3.03. The second kappa shape index (κ2) is 7.47. The van der Waals surface area contributed by atoms with E-state index >= 15 is 0 Å². The summed E-state index contributed by atoms with van der Waals surface area (Å²) >= 11 is 5.84. The minimum atomic E-state index is -1.45. The van der Waals surface area contributed by atoms with Gasteiger partial charge in [0.2, 0.25) is 5.91 Å². The van der Waals surface area contributed by atoms with E-state index in [0.717, 1.165) is 0 Å². The number of anilines is 1. The van der Waals surface area contributed by atoms with Crippen molar-refractivity contribution < 1.29 is 13.7 Å². The van der Waals surface area contributed by atoms with Crippen LogP contribution in [-0.4, -0.2) is 35.6 Å². The van der Waals surface area contributed by atoms with Crippen LogP contribution in [0, 0.1) is 0 Å². The molecule has 1 rings (SSSR count). The third kappa shape index (κ3) is 5.18. The molecular weight excluding hydrogens is 288 g/mol. The molecule has 2 unspecified atom stereocenters. The van der Waals surface area contributed by atoms with E-state index in [1.807, 2.05) is 6.92 Å². The van der Waals surface area contributed by atoms with Gasteiger partial charge < -0.3 is 15.8 Å². The van der Waals surface area contributed by atoms with Gasteiger partial charge in [0.05, 0.1) is 28.1 Å². The van der Waals surface area contributed by atoms with Gasteiger partial charge in [-0.2, -0.15) is 0 Å². The highest BCUT2D eigenvalue weighted by Crippen LogP contribution is 2.21. The van der Waals surface area contributed by atoms with Crippen molar-refractivity contribution >= 4 is 34.0 Å². The molecule has 0 aliphatic carbocycles. The van der Waals surface area contributed by atoms with Crippen molar-refractivity contribution in [3.63, 3.8) is 0 Å². The number of amides is 1. The van der Waals surface area contributed by atoms with Crippen molar-refractivity contribution in [2.75, 3.05) is 25.2 Å². The fraction of sp³-hybridized carbons (Fsp3) is 0.417. The Hall–Kier alpha value is -1.11. The summed E-state index contributed by atoms with van der Waals surface area (Å²) < 4.78 is 16.9. The number of methoxy groups -OCH3 is 1. The number of hydrogen-bond acceptors (Lipinski definition) is 4. The average Bonchev–Trinajstić information content (AvgIpc) is 2.32. The van der Waals surface area contributed by atoms with E-state index in [1.54, 1.807) is 19.2 Å². The van der Waals surface area contributed by atoms with Crippen molar-refractivity contribution in [1.82, 2.24) is 5.32 Å². The van der Waals surface area contributed by atoms with Gasteiger partial charge in [-0.05, 0) is 25.1 Å². The van der Waals surface area contributed by atoms with Crippen LogP contribution >= 0.6 is 11.6 Å². The lowest BCUT2D eigenvalue weighted by atomic mass is 10.3. The summed E-state index contributed by atoms with van der Waals surface area (Å²) in [5.41, 5.74) is 5.98. The summed E-state index contributed by atoms with van der Waals surface area (Å²) in [6.45, 7) is 2.22. The summed E-state index contributed by atoms with van der Waals surface area (Å²) in [6.07, 6.45) is 0. The molecule has 0 saturated carbocycles. The minimum Gasteiger partial charge on any atom is -0.398 e.